The summed E-state index contributed by atoms with van der Waals surface area (Å²) in [6, 6.07) is 1.85. The van der Waals surface area contributed by atoms with Crippen LogP contribution >= 0.6 is 23.1 Å². The van der Waals surface area contributed by atoms with Gasteiger partial charge in [0.15, 0.2) is 0 Å². The van der Waals surface area contributed by atoms with Crippen LogP contribution in [0.15, 0.2) is 11.4 Å². The van der Waals surface area contributed by atoms with E-state index in [1.54, 1.807) is 18.7 Å². The Morgan fingerprint density at radius 3 is 2.88 bits per heavy atom. The van der Waals surface area contributed by atoms with E-state index in [2.05, 4.69) is 5.32 Å². The maximum Gasteiger partial charge on any atom is 0.261 e. The Hall–Kier alpha value is -0.520. The summed E-state index contributed by atoms with van der Waals surface area (Å²) >= 11 is 2.98. The molecule has 1 rings (SSSR count). The van der Waals surface area contributed by atoms with Gasteiger partial charge in [-0.05, 0) is 37.1 Å². The second kappa shape index (κ2) is 5.70. The fourth-order valence-electron chi connectivity index (χ4n) is 1.27. The van der Waals surface area contributed by atoms with Gasteiger partial charge in [0.05, 0.1) is 10.5 Å². The third kappa shape index (κ3) is 4.15. The van der Waals surface area contributed by atoms with Crippen LogP contribution in [-0.2, 0) is 0 Å². The van der Waals surface area contributed by atoms with Crippen molar-refractivity contribution in [3.63, 3.8) is 0 Å². The lowest BCUT2D eigenvalue weighted by Crippen LogP contribution is -2.42. The predicted octanol–water partition coefficient (Wildman–Crippen LogP) is 1.90. The molecule has 0 spiro atoms. The van der Waals surface area contributed by atoms with Crippen LogP contribution in [0.25, 0.3) is 0 Å². The van der Waals surface area contributed by atoms with Crippen molar-refractivity contribution < 1.29 is 9.90 Å². The number of aryl methyl sites for hydroxylation is 1. The standard InChI is InChI=1S/C11H17NO2S2/c1-8-4-9(16-5-8)10(13)12-6-11(2,14)7-15-3/h4-5,14H,6-7H2,1-3H3,(H,12,13). The molecule has 5 heteroatoms. The predicted molar refractivity (Wildman–Crippen MR) is 70.4 cm³/mol. The highest BCUT2D eigenvalue weighted by Gasteiger charge is 2.21. The summed E-state index contributed by atoms with van der Waals surface area (Å²) in [6.07, 6.45) is 1.93. The Morgan fingerprint density at radius 1 is 1.69 bits per heavy atom. The Morgan fingerprint density at radius 2 is 2.38 bits per heavy atom. The number of hydrogen-bond acceptors (Lipinski definition) is 4. The van der Waals surface area contributed by atoms with E-state index in [0.29, 0.717) is 10.6 Å². The summed E-state index contributed by atoms with van der Waals surface area (Å²) in [5, 5.41) is 14.6. The second-order valence-corrected chi connectivity index (χ2v) is 5.88. The summed E-state index contributed by atoms with van der Waals surface area (Å²) in [4.78, 5) is 12.4. The summed E-state index contributed by atoms with van der Waals surface area (Å²) in [6.45, 7) is 3.96. The van der Waals surface area contributed by atoms with Gasteiger partial charge in [-0.15, -0.1) is 11.3 Å². The topological polar surface area (TPSA) is 49.3 Å². The molecule has 1 aromatic rings. The lowest BCUT2D eigenvalue weighted by Gasteiger charge is -2.22. The Bertz CT molecular complexity index is 361. The number of carbonyl (C=O) groups is 1. The minimum absolute atomic E-state index is 0.112. The summed E-state index contributed by atoms with van der Waals surface area (Å²) in [5.41, 5.74) is 0.243. The van der Waals surface area contributed by atoms with Gasteiger partial charge in [-0.25, -0.2) is 0 Å². The van der Waals surface area contributed by atoms with Gasteiger partial charge in [0.1, 0.15) is 0 Å². The molecule has 90 valence electrons. The molecule has 1 amide bonds. The van der Waals surface area contributed by atoms with Crippen LogP contribution in [0.3, 0.4) is 0 Å². The maximum atomic E-state index is 11.7. The molecule has 0 aliphatic carbocycles. The Kier molecular flexibility index (Phi) is 4.83. The molecule has 1 aromatic heterocycles. The quantitative estimate of drug-likeness (QED) is 0.849. The number of amides is 1. The number of rotatable bonds is 5. The normalized spacial score (nSPS) is 14.5. The summed E-state index contributed by atoms with van der Waals surface area (Å²) in [7, 11) is 0. The molecule has 1 unspecified atom stereocenters. The van der Waals surface area contributed by atoms with Crippen molar-refractivity contribution in [2.75, 3.05) is 18.6 Å². The number of nitrogens with one attached hydrogen (secondary N) is 1. The van der Waals surface area contributed by atoms with Gasteiger partial charge in [0.25, 0.3) is 5.91 Å². The third-order valence-electron chi connectivity index (χ3n) is 2.04. The molecule has 0 aliphatic rings. The second-order valence-electron chi connectivity index (χ2n) is 4.10. The van der Waals surface area contributed by atoms with Crippen molar-refractivity contribution in [3.05, 3.63) is 21.9 Å². The molecule has 1 heterocycles. The lowest BCUT2D eigenvalue weighted by atomic mass is 10.1. The molecular weight excluding hydrogens is 242 g/mol. The van der Waals surface area contributed by atoms with Gasteiger partial charge in [0, 0.05) is 12.3 Å². The van der Waals surface area contributed by atoms with Crippen LogP contribution in [0, 0.1) is 6.92 Å². The van der Waals surface area contributed by atoms with Gasteiger partial charge in [-0.2, -0.15) is 11.8 Å². The monoisotopic (exact) mass is 259 g/mol. The molecule has 0 saturated heterocycles. The molecule has 0 aliphatic heterocycles. The maximum absolute atomic E-state index is 11.7. The number of thiophene rings is 1. The van der Waals surface area contributed by atoms with E-state index in [9.17, 15) is 9.90 Å². The van der Waals surface area contributed by atoms with Crippen LogP contribution in [0.4, 0.5) is 0 Å². The number of thioether (sulfide) groups is 1. The average molecular weight is 259 g/mol. The van der Waals surface area contributed by atoms with Gasteiger partial charge in [-0.1, -0.05) is 0 Å². The largest absolute Gasteiger partial charge is 0.387 e. The van der Waals surface area contributed by atoms with E-state index in [1.165, 1.54) is 11.3 Å². The van der Waals surface area contributed by atoms with Crippen molar-refractivity contribution in [2.45, 2.75) is 19.4 Å². The van der Waals surface area contributed by atoms with E-state index in [0.717, 1.165) is 5.56 Å². The van der Waals surface area contributed by atoms with E-state index in [4.69, 9.17) is 0 Å². The zero-order chi connectivity index (χ0) is 12.2. The minimum atomic E-state index is -0.846. The zero-order valence-corrected chi connectivity index (χ0v) is 11.4. The van der Waals surface area contributed by atoms with Gasteiger partial charge >= 0.3 is 0 Å². The molecule has 0 aromatic carbocycles. The highest BCUT2D eigenvalue weighted by Crippen LogP contribution is 2.14. The van der Waals surface area contributed by atoms with E-state index in [1.807, 2.05) is 24.6 Å². The average Bonchev–Trinajstić information content (AvgIpc) is 2.61. The number of carbonyl (C=O) groups excluding carboxylic acids is 1. The van der Waals surface area contributed by atoms with Crippen LogP contribution in [-0.4, -0.2) is 35.2 Å². The zero-order valence-electron chi connectivity index (χ0n) is 9.74. The van der Waals surface area contributed by atoms with Crippen molar-refractivity contribution in [3.8, 4) is 0 Å². The van der Waals surface area contributed by atoms with Crippen LogP contribution in [0.1, 0.15) is 22.2 Å². The van der Waals surface area contributed by atoms with Crippen LogP contribution in [0.5, 0.6) is 0 Å². The molecule has 0 fully saturated rings. The highest BCUT2D eigenvalue weighted by atomic mass is 32.2. The molecule has 0 saturated carbocycles. The molecular formula is C11H17NO2S2. The molecule has 2 N–H and O–H groups in total. The SMILES string of the molecule is CSCC(C)(O)CNC(=O)c1cc(C)cs1. The summed E-state index contributed by atoms with van der Waals surface area (Å²) in [5.74, 6) is 0.496. The fourth-order valence-corrected chi connectivity index (χ4v) is 2.81. The first-order chi connectivity index (χ1) is 7.44. The van der Waals surface area contributed by atoms with E-state index in [-0.39, 0.29) is 12.5 Å². The molecule has 1 atom stereocenters. The van der Waals surface area contributed by atoms with Gasteiger partial charge in [0.2, 0.25) is 0 Å². The number of aliphatic hydroxyl groups is 1. The lowest BCUT2D eigenvalue weighted by molar-refractivity contribution is 0.0727. The highest BCUT2D eigenvalue weighted by molar-refractivity contribution is 7.98. The van der Waals surface area contributed by atoms with Crippen LogP contribution in [0.2, 0.25) is 0 Å². The Labute approximate surface area is 104 Å². The van der Waals surface area contributed by atoms with Crippen molar-refractivity contribution >= 4 is 29.0 Å². The first kappa shape index (κ1) is 13.5. The minimum Gasteiger partial charge on any atom is -0.387 e. The smallest absolute Gasteiger partial charge is 0.261 e. The molecule has 3 nitrogen and oxygen atoms in total. The van der Waals surface area contributed by atoms with Gasteiger partial charge < -0.3 is 10.4 Å². The molecule has 0 radical (unpaired) electrons. The van der Waals surface area contributed by atoms with E-state index < -0.39 is 5.60 Å². The van der Waals surface area contributed by atoms with Gasteiger partial charge in [-0.3, -0.25) is 4.79 Å². The molecule has 16 heavy (non-hydrogen) atoms. The Balaban J connectivity index is 2.47. The fraction of sp³-hybridized carbons (Fsp3) is 0.545. The first-order valence-corrected chi connectivity index (χ1v) is 7.26. The van der Waals surface area contributed by atoms with Crippen molar-refractivity contribution in [1.29, 1.82) is 0 Å². The van der Waals surface area contributed by atoms with Crippen LogP contribution < -0.4 is 5.32 Å². The first-order valence-electron chi connectivity index (χ1n) is 4.99. The molecule has 0 bridgehead atoms. The van der Waals surface area contributed by atoms with Crippen molar-refractivity contribution in [1.82, 2.24) is 5.32 Å². The summed E-state index contributed by atoms with van der Waals surface area (Å²) < 4.78 is 0. The number of hydrogen-bond donors (Lipinski definition) is 2. The van der Waals surface area contributed by atoms with E-state index >= 15 is 0 Å². The van der Waals surface area contributed by atoms with Crippen molar-refractivity contribution in [2.24, 2.45) is 0 Å². The third-order valence-corrected chi connectivity index (χ3v) is 4.00.